The molecule has 1 aliphatic heterocycles. The second-order valence-corrected chi connectivity index (χ2v) is 5.60. The Labute approximate surface area is 81.5 Å². The molecule has 0 fully saturated rings. The molecule has 1 aromatic heterocycles. The Hall–Kier alpha value is -0.830. The van der Waals surface area contributed by atoms with Crippen molar-refractivity contribution in [2.75, 3.05) is 5.75 Å². The van der Waals surface area contributed by atoms with Crippen LogP contribution in [0, 0.1) is 5.92 Å². The molecule has 1 unspecified atom stereocenters. The maximum absolute atomic E-state index is 4.40. The summed E-state index contributed by atoms with van der Waals surface area (Å²) in [5.74, 6) is 1.94. The average Bonchev–Trinajstić information content (AvgIpc) is 2.48. The lowest BCUT2D eigenvalue weighted by Gasteiger charge is -2.14. The molecule has 2 rings (SSSR count). The number of thiol groups is 1. The van der Waals surface area contributed by atoms with Gasteiger partial charge in [-0.15, -0.1) is 0 Å². The summed E-state index contributed by atoms with van der Waals surface area (Å²) in [6, 6.07) is 3.99. The molecule has 13 heavy (non-hydrogen) atoms. The maximum atomic E-state index is 4.40. The summed E-state index contributed by atoms with van der Waals surface area (Å²) in [4.78, 5) is 8.77. The van der Waals surface area contributed by atoms with Gasteiger partial charge in [0.25, 0.3) is 0 Å². The minimum Gasteiger partial charge on any atom is -0.249 e. The predicted molar refractivity (Wildman–Crippen MR) is 59.3 cm³/mol. The second-order valence-electron chi connectivity index (χ2n) is 3.64. The molecule has 70 valence electrons. The molecular formula is C10H14N2S. The number of nitrogens with zero attached hydrogens (tertiary/aromatic N) is 2. The molecule has 2 heterocycles. The van der Waals surface area contributed by atoms with Crippen LogP contribution in [0.3, 0.4) is 0 Å². The third kappa shape index (κ3) is 1.75. The van der Waals surface area contributed by atoms with Gasteiger partial charge in [-0.3, -0.25) is 0 Å². The molecule has 2 nitrogen and oxygen atoms in total. The molecule has 0 spiro atoms. The normalized spacial score (nSPS) is 22.2. The predicted octanol–water partition coefficient (Wildman–Crippen LogP) is 2.77. The number of hydrogen-bond donors (Lipinski definition) is 1. The van der Waals surface area contributed by atoms with Crippen LogP contribution < -0.4 is 0 Å². The lowest BCUT2D eigenvalue weighted by molar-refractivity contribution is 0.748. The molecule has 0 radical (unpaired) electrons. The van der Waals surface area contributed by atoms with E-state index in [0.29, 0.717) is 0 Å². The van der Waals surface area contributed by atoms with E-state index < -0.39 is 0 Å². The van der Waals surface area contributed by atoms with Crippen molar-refractivity contribution in [2.24, 2.45) is 10.9 Å². The van der Waals surface area contributed by atoms with Crippen molar-refractivity contribution in [3.8, 4) is 0 Å². The molecule has 0 bridgehead atoms. The first-order valence-electron chi connectivity index (χ1n) is 4.53. The van der Waals surface area contributed by atoms with E-state index in [1.807, 2.05) is 18.3 Å². The van der Waals surface area contributed by atoms with Gasteiger partial charge in [-0.2, -0.15) is 10.9 Å². The van der Waals surface area contributed by atoms with Gasteiger partial charge in [0.15, 0.2) is 0 Å². The highest BCUT2D eigenvalue weighted by atomic mass is 32.2. The first-order valence-corrected chi connectivity index (χ1v) is 6.13. The molecule has 1 aromatic rings. The van der Waals surface area contributed by atoms with Crippen molar-refractivity contribution < 1.29 is 0 Å². The van der Waals surface area contributed by atoms with Gasteiger partial charge in [-0.1, -0.05) is 13.8 Å². The zero-order chi connectivity index (χ0) is 9.26. The SMILES string of the molecule is CC(C)C[SH]1C=Nc2cccnc21. The first-order chi connectivity index (χ1) is 6.27. The Morgan fingerprint density at radius 3 is 3.08 bits per heavy atom. The minimum absolute atomic E-state index is 0.203. The van der Waals surface area contributed by atoms with Crippen molar-refractivity contribution in [3.05, 3.63) is 18.3 Å². The molecule has 0 saturated heterocycles. The monoisotopic (exact) mass is 194 g/mol. The Morgan fingerprint density at radius 2 is 2.31 bits per heavy atom. The Morgan fingerprint density at radius 1 is 1.46 bits per heavy atom. The minimum atomic E-state index is -0.203. The smallest absolute Gasteiger partial charge is 0.107 e. The van der Waals surface area contributed by atoms with E-state index >= 15 is 0 Å². The van der Waals surface area contributed by atoms with Crippen LogP contribution in [0.2, 0.25) is 0 Å². The summed E-state index contributed by atoms with van der Waals surface area (Å²) < 4.78 is 0. The zero-order valence-corrected chi connectivity index (χ0v) is 8.83. The van der Waals surface area contributed by atoms with Gasteiger partial charge in [0.2, 0.25) is 0 Å². The van der Waals surface area contributed by atoms with Crippen molar-refractivity contribution in [3.63, 3.8) is 0 Å². The molecule has 0 aliphatic carbocycles. The van der Waals surface area contributed by atoms with Gasteiger partial charge < -0.3 is 0 Å². The fourth-order valence-corrected chi connectivity index (χ4v) is 3.49. The Balaban J connectivity index is 2.23. The average molecular weight is 194 g/mol. The van der Waals surface area contributed by atoms with E-state index in [-0.39, 0.29) is 10.9 Å². The van der Waals surface area contributed by atoms with Crippen LogP contribution in [0.1, 0.15) is 13.8 Å². The van der Waals surface area contributed by atoms with Gasteiger partial charge in [-0.05, 0) is 23.8 Å². The van der Waals surface area contributed by atoms with E-state index in [0.717, 1.165) is 11.6 Å². The van der Waals surface area contributed by atoms with Crippen LogP contribution >= 0.6 is 10.9 Å². The van der Waals surface area contributed by atoms with Gasteiger partial charge in [0.05, 0.1) is 5.69 Å². The number of rotatable bonds is 2. The van der Waals surface area contributed by atoms with Gasteiger partial charge in [0, 0.05) is 11.7 Å². The highest BCUT2D eigenvalue weighted by molar-refractivity contribution is 8.28. The summed E-state index contributed by atoms with van der Waals surface area (Å²) in [6.07, 6.45) is 1.86. The summed E-state index contributed by atoms with van der Waals surface area (Å²) in [6.45, 7) is 4.49. The Bertz CT molecular complexity index is 333. The van der Waals surface area contributed by atoms with E-state index in [9.17, 15) is 0 Å². The molecule has 0 N–H and O–H groups in total. The molecule has 0 amide bonds. The van der Waals surface area contributed by atoms with Gasteiger partial charge >= 0.3 is 0 Å². The van der Waals surface area contributed by atoms with Gasteiger partial charge in [-0.25, -0.2) is 9.98 Å². The van der Waals surface area contributed by atoms with E-state index in [1.165, 1.54) is 10.8 Å². The summed E-state index contributed by atoms with van der Waals surface area (Å²) >= 11 is 0. The van der Waals surface area contributed by atoms with Crippen molar-refractivity contribution in [1.29, 1.82) is 0 Å². The maximum Gasteiger partial charge on any atom is 0.107 e. The van der Waals surface area contributed by atoms with Crippen molar-refractivity contribution >= 4 is 22.1 Å². The molecule has 1 atom stereocenters. The molecule has 1 aliphatic rings. The standard InChI is InChI=1S/C10H14N2S/c1-8(2)6-13-7-12-9-4-3-5-11-10(9)13/h3-5,7-8,13H,6H2,1-2H3. The summed E-state index contributed by atoms with van der Waals surface area (Å²) in [5.41, 5.74) is 3.17. The van der Waals surface area contributed by atoms with Gasteiger partial charge in [0.1, 0.15) is 5.03 Å². The first kappa shape index (κ1) is 8.75. The number of aromatic nitrogens is 1. The van der Waals surface area contributed by atoms with Crippen LogP contribution in [0.5, 0.6) is 0 Å². The second kappa shape index (κ2) is 3.50. The third-order valence-electron chi connectivity index (χ3n) is 1.94. The van der Waals surface area contributed by atoms with Crippen LogP contribution in [-0.4, -0.2) is 16.3 Å². The highest BCUT2D eigenvalue weighted by Gasteiger charge is 2.16. The molecule has 0 aromatic carbocycles. The molecule has 0 saturated carbocycles. The number of aliphatic imine (C=N–C) groups is 1. The van der Waals surface area contributed by atoms with Crippen molar-refractivity contribution in [2.45, 2.75) is 18.9 Å². The van der Waals surface area contributed by atoms with Crippen LogP contribution in [0.15, 0.2) is 28.3 Å². The fraction of sp³-hybridized carbons (Fsp3) is 0.400. The van der Waals surface area contributed by atoms with E-state index in [4.69, 9.17) is 0 Å². The third-order valence-corrected chi connectivity index (χ3v) is 4.34. The highest BCUT2D eigenvalue weighted by Crippen LogP contribution is 2.44. The largest absolute Gasteiger partial charge is 0.249 e. The Kier molecular flexibility index (Phi) is 2.36. The fourth-order valence-electron chi connectivity index (χ4n) is 1.42. The van der Waals surface area contributed by atoms with Crippen molar-refractivity contribution in [1.82, 2.24) is 4.98 Å². The number of pyridine rings is 1. The van der Waals surface area contributed by atoms with Crippen LogP contribution in [-0.2, 0) is 0 Å². The number of fused-ring (bicyclic) bond motifs is 1. The number of hydrogen-bond acceptors (Lipinski definition) is 2. The van der Waals surface area contributed by atoms with E-state index in [1.54, 1.807) is 0 Å². The topological polar surface area (TPSA) is 25.2 Å². The zero-order valence-electron chi connectivity index (χ0n) is 7.94. The quantitative estimate of drug-likeness (QED) is 0.720. The van der Waals surface area contributed by atoms with E-state index in [2.05, 4.69) is 29.4 Å². The molecular weight excluding hydrogens is 180 g/mol. The summed E-state index contributed by atoms with van der Waals surface area (Å²) in [5, 5.41) is 1.21. The van der Waals surface area contributed by atoms with Crippen LogP contribution in [0.4, 0.5) is 5.69 Å². The molecule has 3 heteroatoms. The van der Waals surface area contributed by atoms with Crippen LogP contribution in [0.25, 0.3) is 0 Å². The lowest BCUT2D eigenvalue weighted by Crippen LogP contribution is -1.97. The lowest BCUT2D eigenvalue weighted by atomic mass is 10.3. The summed E-state index contributed by atoms with van der Waals surface area (Å²) in [7, 11) is -0.203.